The van der Waals surface area contributed by atoms with Crippen LogP contribution < -0.4 is 4.74 Å². The molecule has 1 fully saturated rings. The lowest BCUT2D eigenvalue weighted by Gasteiger charge is -2.32. The summed E-state index contributed by atoms with van der Waals surface area (Å²) in [5.74, 6) is 1.24. The van der Waals surface area contributed by atoms with Crippen molar-refractivity contribution in [2.45, 2.75) is 96.2 Å². The van der Waals surface area contributed by atoms with Crippen LogP contribution in [0.2, 0.25) is 0 Å². The Kier molecular flexibility index (Phi) is 9.15. The average molecular weight is 425 g/mol. The second kappa shape index (κ2) is 11.1. The van der Waals surface area contributed by atoms with Gasteiger partial charge in [0.1, 0.15) is 17.6 Å². The van der Waals surface area contributed by atoms with E-state index < -0.39 is 9.84 Å². The molecule has 5 nitrogen and oxygen atoms in total. The van der Waals surface area contributed by atoms with Gasteiger partial charge in [-0.1, -0.05) is 18.6 Å². The van der Waals surface area contributed by atoms with E-state index in [1.807, 2.05) is 24.3 Å². The molecule has 1 heterocycles. The summed E-state index contributed by atoms with van der Waals surface area (Å²) in [7, 11) is -2.97. The molecule has 0 amide bonds. The zero-order valence-corrected chi connectivity index (χ0v) is 19.0. The number of ketones is 1. The van der Waals surface area contributed by atoms with E-state index in [0.717, 1.165) is 37.0 Å². The molecule has 0 saturated carbocycles. The molecule has 1 saturated heterocycles. The monoisotopic (exact) mass is 424 g/mol. The van der Waals surface area contributed by atoms with Crippen LogP contribution in [0.25, 0.3) is 0 Å². The Morgan fingerprint density at radius 3 is 2.28 bits per heavy atom. The second-order valence-electron chi connectivity index (χ2n) is 8.55. The Labute approximate surface area is 176 Å². The van der Waals surface area contributed by atoms with Gasteiger partial charge in [-0.05, 0) is 58.2 Å². The molecule has 29 heavy (non-hydrogen) atoms. The van der Waals surface area contributed by atoms with E-state index in [0.29, 0.717) is 19.3 Å². The number of carbonyl (C=O) groups is 1. The predicted molar refractivity (Wildman–Crippen MR) is 116 cm³/mol. The Balaban J connectivity index is 1.69. The van der Waals surface area contributed by atoms with Crippen LogP contribution in [0.3, 0.4) is 0 Å². The number of Topliss-reactive ketones (excluding diaryl/α,β-unsaturated/α-hetero) is 1. The molecule has 1 aliphatic rings. The van der Waals surface area contributed by atoms with Gasteiger partial charge in [0.15, 0.2) is 9.84 Å². The van der Waals surface area contributed by atoms with Gasteiger partial charge < -0.3 is 9.47 Å². The number of carbonyl (C=O) groups excluding carboxylic acids is 1. The molecule has 0 N–H and O–H groups in total. The number of sulfone groups is 1. The van der Waals surface area contributed by atoms with Crippen molar-refractivity contribution in [3.8, 4) is 5.75 Å². The summed E-state index contributed by atoms with van der Waals surface area (Å²) in [6, 6.07) is 7.78. The summed E-state index contributed by atoms with van der Waals surface area (Å²) in [4.78, 5) is 12.2. The number of hydrogen-bond donors (Lipinski definition) is 0. The zero-order chi connectivity index (χ0) is 21.4. The van der Waals surface area contributed by atoms with Crippen molar-refractivity contribution >= 4 is 15.6 Å². The van der Waals surface area contributed by atoms with Crippen LogP contribution in [-0.4, -0.2) is 43.5 Å². The molecule has 1 aliphatic heterocycles. The summed E-state index contributed by atoms with van der Waals surface area (Å²) >= 11 is 0. The maximum atomic E-state index is 12.2. The fourth-order valence-electron chi connectivity index (χ4n) is 3.67. The third-order valence-corrected chi connectivity index (χ3v) is 7.68. The van der Waals surface area contributed by atoms with Gasteiger partial charge >= 0.3 is 0 Å². The SMILES string of the molecule is CC1CC(Oc2ccc(CC(=O)CCCCCS(=O)(=O)C(C)C)cc2)CC(C)O1. The summed E-state index contributed by atoms with van der Waals surface area (Å²) in [6.45, 7) is 7.56. The Hall–Kier alpha value is -1.40. The molecule has 2 atom stereocenters. The van der Waals surface area contributed by atoms with E-state index in [1.165, 1.54) is 0 Å². The van der Waals surface area contributed by atoms with Crippen LogP contribution >= 0.6 is 0 Å². The second-order valence-corrected chi connectivity index (χ2v) is 11.2. The van der Waals surface area contributed by atoms with Crippen molar-refractivity contribution in [3.63, 3.8) is 0 Å². The molecule has 0 aliphatic carbocycles. The maximum absolute atomic E-state index is 12.2. The highest BCUT2D eigenvalue weighted by Crippen LogP contribution is 2.24. The predicted octanol–water partition coefficient (Wildman–Crippen LogP) is 4.52. The fourth-order valence-corrected chi connectivity index (χ4v) is 4.75. The van der Waals surface area contributed by atoms with E-state index in [4.69, 9.17) is 9.47 Å². The van der Waals surface area contributed by atoms with Gasteiger partial charge in [-0.15, -0.1) is 0 Å². The number of benzene rings is 1. The first-order valence-corrected chi connectivity index (χ1v) is 12.5. The van der Waals surface area contributed by atoms with Crippen molar-refractivity contribution in [1.82, 2.24) is 0 Å². The first-order valence-electron chi connectivity index (χ1n) is 10.8. The Morgan fingerprint density at radius 2 is 1.69 bits per heavy atom. The molecule has 0 bridgehead atoms. The van der Waals surface area contributed by atoms with E-state index in [9.17, 15) is 13.2 Å². The van der Waals surface area contributed by atoms with Crippen LogP contribution in [0.15, 0.2) is 24.3 Å². The van der Waals surface area contributed by atoms with Gasteiger partial charge in [-0.3, -0.25) is 4.79 Å². The van der Waals surface area contributed by atoms with Gasteiger partial charge in [-0.2, -0.15) is 0 Å². The molecule has 6 heteroatoms. The highest BCUT2D eigenvalue weighted by atomic mass is 32.2. The molecule has 2 rings (SSSR count). The Bertz CT molecular complexity index is 729. The van der Waals surface area contributed by atoms with Gasteiger partial charge in [0.25, 0.3) is 0 Å². The largest absolute Gasteiger partial charge is 0.490 e. The number of hydrogen-bond acceptors (Lipinski definition) is 5. The lowest BCUT2D eigenvalue weighted by molar-refractivity contribution is -0.118. The molecular formula is C23H36O5S. The van der Waals surface area contributed by atoms with Crippen molar-refractivity contribution in [1.29, 1.82) is 0 Å². The van der Waals surface area contributed by atoms with Crippen LogP contribution in [0.5, 0.6) is 5.75 Å². The summed E-state index contributed by atoms with van der Waals surface area (Å²) < 4.78 is 35.4. The minimum Gasteiger partial charge on any atom is -0.490 e. The smallest absolute Gasteiger partial charge is 0.152 e. The maximum Gasteiger partial charge on any atom is 0.152 e. The number of ether oxygens (including phenoxy) is 2. The lowest BCUT2D eigenvalue weighted by atomic mass is 10.0. The third-order valence-electron chi connectivity index (χ3n) is 5.38. The Morgan fingerprint density at radius 1 is 1.07 bits per heavy atom. The fraction of sp³-hybridized carbons (Fsp3) is 0.696. The molecule has 0 radical (unpaired) electrons. The standard InChI is InChI=1S/C23H36O5S/c1-17(2)29(25,26)13-7-5-6-8-21(24)16-20-9-11-22(12-10-20)28-23-14-18(3)27-19(4)15-23/h9-12,17-19,23H,5-8,13-16H2,1-4H3. The highest BCUT2D eigenvalue weighted by molar-refractivity contribution is 7.91. The summed E-state index contributed by atoms with van der Waals surface area (Å²) in [5, 5.41) is -0.325. The molecular weight excluding hydrogens is 388 g/mol. The minimum absolute atomic E-state index is 0.167. The van der Waals surface area contributed by atoms with Gasteiger partial charge in [0.05, 0.1) is 23.2 Å². The van der Waals surface area contributed by atoms with Crippen LogP contribution in [-0.2, 0) is 25.8 Å². The van der Waals surface area contributed by atoms with Crippen molar-refractivity contribution in [2.75, 3.05) is 5.75 Å². The minimum atomic E-state index is -2.97. The van der Waals surface area contributed by atoms with E-state index in [1.54, 1.807) is 13.8 Å². The van der Waals surface area contributed by atoms with Gasteiger partial charge in [-0.25, -0.2) is 8.42 Å². The summed E-state index contributed by atoms with van der Waals surface area (Å²) in [5.41, 5.74) is 0.985. The molecule has 2 unspecified atom stereocenters. The molecule has 0 spiro atoms. The van der Waals surface area contributed by atoms with E-state index in [-0.39, 0.29) is 35.1 Å². The molecule has 1 aromatic rings. The van der Waals surface area contributed by atoms with Gasteiger partial charge in [0, 0.05) is 25.7 Å². The molecule has 1 aromatic carbocycles. The first-order chi connectivity index (χ1) is 13.7. The van der Waals surface area contributed by atoms with Crippen LogP contribution in [0.4, 0.5) is 0 Å². The van der Waals surface area contributed by atoms with Crippen molar-refractivity contribution < 1.29 is 22.7 Å². The zero-order valence-electron chi connectivity index (χ0n) is 18.2. The van der Waals surface area contributed by atoms with E-state index >= 15 is 0 Å². The highest BCUT2D eigenvalue weighted by Gasteiger charge is 2.25. The lowest BCUT2D eigenvalue weighted by Crippen LogP contribution is -2.35. The van der Waals surface area contributed by atoms with Crippen molar-refractivity contribution in [3.05, 3.63) is 29.8 Å². The van der Waals surface area contributed by atoms with Gasteiger partial charge in [0.2, 0.25) is 0 Å². The molecule has 164 valence electrons. The average Bonchev–Trinajstić information content (AvgIpc) is 2.62. The van der Waals surface area contributed by atoms with Crippen molar-refractivity contribution in [2.24, 2.45) is 0 Å². The molecule has 0 aromatic heterocycles. The normalized spacial score (nSPS) is 22.6. The number of rotatable bonds is 11. The summed E-state index contributed by atoms with van der Waals surface area (Å²) in [6.07, 6.45) is 5.43. The van der Waals surface area contributed by atoms with Crippen LogP contribution in [0.1, 0.15) is 71.8 Å². The van der Waals surface area contributed by atoms with E-state index in [2.05, 4.69) is 13.8 Å². The third kappa shape index (κ3) is 8.47. The van der Waals surface area contributed by atoms with Crippen LogP contribution in [0, 0.1) is 0 Å². The topological polar surface area (TPSA) is 69.7 Å². The number of unbranched alkanes of at least 4 members (excludes halogenated alkanes) is 2. The first kappa shape index (κ1) is 23.9. The quantitative estimate of drug-likeness (QED) is 0.489.